The van der Waals surface area contributed by atoms with Crippen molar-refractivity contribution in [2.24, 2.45) is 0 Å². The fraction of sp³-hybridized carbons (Fsp3) is 0.269. The first-order chi connectivity index (χ1) is 17.1. The molecular weight excluding hydrogens is 475 g/mol. The van der Waals surface area contributed by atoms with Gasteiger partial charge in [0, 0.05) is 18.9 Å². The summed E-state index contributed by atoms with van der Waals surface area (Å²) in [5, 5.41) is 15.2. The Kier molecular flexibility index (Phi) is 6.98. The highest BCUT2D eigenvalue weighted by Crippen LogP contribution is 2.40. The number of carbonyl (C=O) groups is 2. The number of carbonyl (C=O) groups excluding carboxylic acids is 2. The molecule has 1 heterocycles. The minimum atomic E-state index is -4.66. The van der Waals surface area contributed by atoms with Crippen molar-refractivity contribution in [1.29, 1.82) is 0 Å². The topological polar surface area (TPSA) is 101 Å². The van der Waals surface area contributed by atoms with E-state index in [0.29, 0.717) is 24.0 Å². The summed E-state index contributed by atoms with van der Waals surface area (Å²) in [7, 11) is 0. The van der Waals surface area contributed by atoms with Gasteiger partial charge >= 0.3 is 6.18 Å². The highest BCUT2D eigenvalue weighted by atomic mass is 19.4. The Balaban J connectivity index is 1.36. The number of aliphatic hydroxyl groups excluding tert-OH is 1. The molecule has 1 aliphatic carbocycles. The van der Waals surface area contributed by atoms with Crippen LogP contribution < -0.4 is 15.4 Å². The van der Waals surface area contributed by atoms with Gasteiger partial charge in [-0.1, -0.05) is 18.2 Å². The number of amides is 2. The van der Waals surface area contributed by atoms with E-state index in [9.17, 15) is 27.9 Å². The van der Waals surface area contributed by atoms with Gasteiger partial charge < -0.3 is 20.5 Å². The Morgan fingerprint density at radius 3 is 2.44 bits per heavy atom. The molecule has 1 aromatic heterocycles. The maximum absolute atomic E-state index is 13.5. The first-order valence-corrected chi connectivity index (χ1v) is 11.2. The second-order valence-corrected chi connectivity index (χ2v) is 8.64. The Labute approximate surface area is 205 Å². The molecule has 1 saturated carbocycles. The summed E-state index contributed by atoms with van der Waals surface area (Å²) >= 11 is 0. The molecule has 3 aromatic rings. The van der Waals surface area contributed by atoms with E-state index in [2.05, 4.69) is 15.6 Å². The summed E-state index contributed by atoms with van der Waals surface area (Å²) in [4.78, 5) is 29.0. The zero-order valence-electron chi connectivity index (χ0n) is 19.3. The lowest BCUT2D eigenvalue weighted by molar-refractivity contribution is -0.138. The van der Waals surface area contributed by atoms with Crippen molar-refractivity contribution in [1.82, 2.24) is 15.6 Å². The van der Waals surface area contributed by atoms with Crippen molar-refractivity contribution in [2.45, 2.75) is 44.1 Å². The number of alkyl halides is 3. The van der Waals surface area contributed by atoms with Crippen LogP contribution in [-0.2, 0) is 17.5 Å². The third-order valence-corrected chi connectivity index (χ3v) is 5.86. The number of benzene rings is 2. The molecule has 7 nitrogen and oxygen atoms in total. The second kappa shape index (κ2) is 9.98. The molecule has 0 spiro atoms. The average Bonchev–Trinajstić information content (AvgIpc) is 3.64. The molecule has 3 N–H and O–H groups in total. The lowest BCUT2D eigenvalue weighted by Crippen LogP contribution is -2.48. The van der Waals surface area contributed by atoms with Crippen LogP contribution in [0.25, 0.3) is 0 Å². The Hall–Kier alpha value is -3.92. The van der Waals surface area contributed by atoms with Gasteiger partial charge in [0.2, 0.25) is 5.91 Å². The summed E-state index contributed by atoms with van der Waals surface area (Å²) in [6.45, 7) is 1.55. The summed E-state index contributed by atoms with van der Waals surface area (Å²) < 4.78 is 45.9. The molecule has 0 aliphatic heterocycles. The molecule has 0 bridgehead atoms. The van der Waals surface area contributed by atoms with Crippen molar-refractivity contribution >= 4 is 11.8 Å². The normalized spacial score (nSPS) is 15.0. The van der Waals surface area contributed by atoms with Crippen LogP contribution in [0.15, 0.2) is 67.0 Å². The Morgan fingerprint density at radius 2 is 1.86 bits per heavy atom. The molecule has 4 rings (SSSR count). The zero-order chi connectivity index (χ0) is 25.9. The fourth-order valence-corrected chi connectivity index (χ4v) is 3.59. The molecule has 0 radical (unpaired) electrons. The highest BCUT2D eigenvalue weighted by molar-refractivity contribution is 6.00. The predicted molar refractivity (Wildman–Crippen MR) is 124 cm³/mol. The van der Waals surface area contributed by atoms with Crippen LogP contribution in [0.1, 0.15) is 52.9 Å². The number of aromatic nitrogens is 1. The Morgan fingerprint density at radius 1 is 1.14 bits per heavy atom. The van der Waals surface area contributed by atoms with Gasteiger partial charge in [0.1, 0.15) is 17.0 Å². The lowest BCUT2D eigenvalue weighted by atomic mass is 10.1. The molecule has 188 valence electrons. The predicted octanol–water partition coefficient (Wildman–Crippen LogP) is 4.52. The monoisotopic (exact) mass is 499 g/mol. The van der Waals surface area contributed by atoms with E-state index < -0.39 is 23.4 Å². The summed E-state index contributed by atoms with van der Waals surface area (Å²) in [6, 6.07) is 12.9. The number of nitrogens with one attached hydrogen (secondary N) is 2. The molecule has 10 heteroatoms. The van der Waals surface area contributed by atoms with Crippen LogP contribution in [-0.4, -0.2) is 27.4 Å². The number of rotatable bonds is 8. The number of pyridine rings is 1. The Bertz CT molecular complexity index is 1240. The number of aliphatic hydroxyl groups is 1. The van der Waals surface area contributed by atoms with Crippen molar-refractivity contribution in [3.63, 3.8) is 0 Å². The van der Waals surface area contributed by atoms with Crippen LogP contribution >= 0.6 is 0 Å². The second-order valence-electron chi connectivity index (χ2n) is 8.64. The minimum absolute atomic E-state index is 0.130. The van der Waals surface area contributed by atoms with Crippen molar-refractivity contribution in [2.75, 3.05) is 0 Å². The van der Waals surface area contributed by atoms with Crippen LogP contribution in [0.2, 0.25) is 0 Å². The van der Waals surface area contributed by atoms with Gasteiger partial charge in [-0.15, -0.1) is 0 Å². The summed E-state index contributed by atoms with van der Waals surface area (Å²) in [5.41, 5.74) is -0.750. The van der Waals surface area contributed by atoms with Crippen LogP contribution in [0.3, 0.4) is 0 Å². The SMILES string of the molecule is CC(O)c1ccc(Oc2ccc(CNC(=O)C3(NC(=O)c4cccnc4)CC3)cc2)c(C(F)(F)F)c1. The van der Waals surface area contributed by atoms with E-state index in [1.54, 1.807) is 30.5 Å². The lowest BCUT2D eigenvalue weighted by Gasteiger charge is -2.18. The third kappa shape index (κ3) is 5.83. The molecule has 2 amide bonds. The van der Waals surface area contributed by atoms with Crippen molar-refractivity contribution in [3.05, 3.63) is 89.2 Å². The van der Waals surface area contributed by atoms with E-state index in [0.717, 1.165) is 6.07 Å². The van der Waals surface area contributed by atoms with Gasteiger partial charge in [-0.05, 0) is 67.3 Å². The van der Waals surface area contributed by atoms with Gasteiger partial charge in [-0.2, -0.15) is 13.2 Å². The van der Waals surface area contributed by atoms with Gasteiger partial charge in [-0.3, -0.25) is 14.6 Å². The summed E-state index contributed by atoms with van der Waals surface area (Å²) in [6.07, 6.45) is -1.69. The summed E-state index contributed by atoms with van der Waals surface area (Å²) in [5.74, 6) is -0.888. The third-order valence-electron chi connectivity index (χ3n) is 5.86. The quantitative estimate of drug-likeness (QED) is 0.423. The largest absolute Gasteiger partial charge is 0.457 e. The van der Waals surface area contributed by atoms with Gasteiger partial charge in [-0.25, -0.2) is 0 Å². The maximum atomic E-state index is 13.5. The van der Waals surface area contributed by atoms with Crippen LogP contribution in [0.5, 0.6) is 11.5 Å². The zero-order valence-corrected chi connectivity index (χ0v) is 19.3. The minimum Gasteiger partial charge on any atom is -0.457 e. The number of ether oxygens (including phenoxy) is 1. The van der Waals surface area contributed by atoms with Gasteiger partial charge in [0.05, 0.1) is 17.2 Å². The molecular formula is C26H24F3N3O4. The average molecular weight is 499 g/mol. The molecule has 1 aliphatic rings. The van der Waals surface area contributed by atoms with Crippen LogP contribution in [0.4, 0.5) is 13.2 Å². The smallest absolute Gasteiger partial charge is 0.419 e. The molecule has 36 heavy (non-hydrogen) atoms. The van der Waals surface area contributed by atoms with Gasteiger partial charge in [0.25, 0.3) is 5.91 Å². The first-order valence-electron chi connectivity index (χ1n) is 11.2. The van der Waals surface area contributed by atoms with E-state index in [1.807, 2.05) is 0 Å². The first kappa shape index (κ1) is 25.2. The molecule has 1 atom stereocenters. The van der Waals surface area contributed by atoms with Crippen molar-refractivity contribution < 1.29 is 32.6 Å². The van der Waals surface area contributed by atoms with E-state index >= 15 is 0 Å². The fourth-order valence-electron chi connectivity index (χ4n) is 3.59. The van der Waals surface area contributed by atoms with E-state index in [1.165, 1.54) is 37.4 Å². The molecule has 0 saturated heterocycles. The number of nitrogens with zero attached hydrogens (tertiary/aromatic N) is 1. The van der Waals surface area contributed by atoms with Crippen LogP contribution in [0, 0.1) is 0 Å². The van der Waals surface area contributed by atoms with Crippen molar-refractivity contribution in [3.8, 4) is 11.5 Å². The number of hydrogen-bond donors (Lipinski definition) is 3. The van der Waals surface area contributed by atoms with E-state index in [4.69, 9.17) is 4.74 Å². The number of hydrogen-bond acceptors (Lipinski definition) is 5. The van der Waals surface area contributed by atoms with Gasteiger partial charge in [0.15, 0.2) is 0 Å². The highest BCUT2D eigenvalue weighted by Gasteiger charge is 2.51. The molecule has 2 aromatic carbocycles. The number of halogens is 3. The molecule has 1 unspecified atom stereocenters. The maximum Gasteiger partial charge on any atom is 0.419 e. The van der Waals surface area contributed by atoms with E-state index in [-0.39, 0.29) is 35.4 Å². The standard InChI is InChI=1S/C26H24F3N3O4/c1-16(33)18-6-9-22(21(13-18)26(27,28)29)36-20-7-4-17(5-8-20)14-31-24(35)25(10-11-25)32-23(34)19-3-2-12-30-15-19/h2-9,12-13,15-16,33H,10-11,14H2,1H3,(H,31,35)(H,32,34). The molecule has 1 fully saturated rings.